The summed E-state index contributed by atoms with van der Waals surface area (Å²) >= 11 is 0. The van der Waals surface area contributed by atoms with Crippen molar-refractivity contribution in [2.24, 2.45) is 0 Å². The van der Waals surface area contributed by atoms with Crippen LogP contribution < -0.4 is 0 Å². The smallest absolute Gasteiger partial charge is 0.141 e. The number of pyridine rings is 1. The molecule has 2 aromatic heterocycles. The number of Topliss-reactive ketones (excluding diaryl/α,β-unsaturated/α-hetero) is 1. The van der Waals surface area contributed by atoms with Gasteiger partial charge < -0.3 is 0 Å². The van der Waals surface area contributed by atoms with E-state index in [1.54, 1.807) is 4.68 Å². The number of halogens is 1. The number of carbonyl (C=O) groups excluding carboxylic acids is 1. The Morgan fingerprint density at radius 3 is 2.62 bits per heavy atom. The molecule has 1 aromatic carbocycles. The number of aromatic nitrogens is 4. The topological polar surface area (TPSA) is 60.7 Å². The lowest BCUT2D eigenvalue weighted by Crippen LogP contribution is -2.07. The fourth-order valence-corrected chi connectivity index (χ4v) is 2.73. The number of nitrogens with zero attached hydrogens (tertiary/aromatic N) is 4. The summed E-state index contributed by atoms with van der Waals surface area (Å²) in [5, 5.41) is 8.33. The van der Waals surface area contributed by atoms with E-state index in [1.165, 1.54) is 12.3 Å². The van der Waals surface area contributed by atoms with Crippen LogP contribution in [0.25, 0.3) is 5.69 Å². The molecule has 0 radical (unpaired) electrons. The zero-order chi connectivity index (χ0) is 18.4. The molecule has 0 aliphatic rings. The van der Waals surface area contributed by atoms with E-state index in [4.69, 9.17) is 0 Å². The molecule has 3 aromatic rings. The van der Waals surface area contributed by atoms with E-state index in [2.05, 4.69) is 22.2 Å². The molecule has 2 heterocycles. The molecule has 3 rings (SSSR count). The first kappa shape index (κ1) is 17.9. The molecule has 0 unspecified atom stereocenters. The van der Waals surface area contributed by atoms with Gasteiger partial charge in [-0.3, -0.25) is 9.78 Å². The van der Waals surface area contributed by atoms with Gasteiger partial charge in [0.1, 0.15) is 11.6 Å². The third kappa shape index (κ3) is 4.81. The highest BCUT2D eigenvalue weighted by Gasteiger charge is 2.08. The number of hydrogen-bond donors (Lipinski definition) is 0. The summed E-state index contributed by atoms with van der Waals surface area (Å²) in [6.07, 6.45) is 8.22. The lowest BCUT2D eigenvalue weighted by atomic mass is 10.0. The minimum atomic E-state index is -0.425. The molecule has 0 aliphatic heterocycles. The molecule has 134 valence electrons. The van der Waals surface area contributed by atoms with Crippen LogP contribution in [0.2, 0.25) is 0 Å². The number of aryl methyl sites for hydroxylation is 1. The number of benzene rings is 1. The molecule has 0 saturated heterocycles. The molecule has 26 heavy (non-hydrogen) atoms. The number of rotatable bonds is 8. The van der Waals surface area contributed by atoms with Crippen molar-refractivity contribution in [3.05, 3.63) is 71.6 Å². The summed E-state index contributed by atoms with van der Waals surface area (Å²) in [5.41, 5.74) is 3.39. The van der Waals surface area contributed by atoms with Crippen LogP contribution in [-0.2, 0) is 24.1 Å². The van der Waals surface area contributed by atoms with Crippen LogP contribution in [0.4, 0.5) is 4.39 Å². The average molecular weight is 352 g/mol. The van der Waals surface area contributed by atoms with Gasteiger partial charge >= 0.3 is 0 Å². The molecule has 5 nitrogen and oxygen atoms in total. The summed E-state index contributed by atoms with van der Waals surface area (Å²) < 4.78 is 14.9. The Hall–Kier alpha value is -2.89. The van der Waals surface area contributed by atoms with E-state index >= 15 is 0 Å². The second-order valence-corrected chi connectivity index (χ2v) is 6.33. The molecule has 0 N–H and O–H groups in total. The van der Waals surface area contributed by atoms with Gasteiger partial charge in [-0.15, -0.1) is 5.10 Å². The van der Waals surface area contributed by atoms with Crippen molar-refractivity contribution in [1.82, 2.24) is 20.0 Å². The second-order valence-electron chi connectivity index (χ2n) is 6.33. The van der Waals surface area contributed by atoms with Crippen molar-refractivity contribution in [3.8, 4) is 5.69 Å². The fourth-order valence-electron chi connectivity index (χ4n) is 2.73. The zero-order valence-corrected chi connectivity index (χ0v) is 14.7. The fraction of sp³-hybridized carbons (Fsp3) is 0.300. The van der Waals surface area contributed by atoms with Gasteiger partial charge in [0.2, 0.25) is 0 Å². The molecular weight excluding hydrogens is 331 g/mol. The molecule has 0 aliphatic carbocycles. The van der Waals surface area contributed by atoms with Crippen LogP contribution in [0, 0.1) is 5.82 Å². The second kappa shape index (κ2) is 8.47. The summed E-state index contributed by atoms with van der Waals surface area (Å²) in [6, 6.07) is 9.00. The van der Waals surface area contributed by atoms with Gasteiger partial charge in [0, 0.05) is 19.0 Å². The monoisotopic (exact) mass is 352 g/mol. The number of unbranched alkanes of at least 4 members (excludes halogenated alkanes) is 1. The van der Waals surface area contributed by atoms with Crippen LogP contribution in [0.15, 0.2) is 48.9 Å². The third-order valence-electron chi connectivity index (χ3n) is 4.09. The third-order valence-corrected chi connectivity index (χ3v) is 4.09. The van der Waals surface area contributed by atoms with E-state index < -0.39 is 5.82 Å². The van der Waals surface area contributed by atoms with Crippen molar-refractivity contribution >= 4 is 5.78 Å². The highest BCUT2D eigenvalue weighted by atomic mass is 19.1. The molecule has 0 amide bonds. The Morgan fingerprint density at radius 1 is 1.12 bits per heavy atom. The maximum Gasteiger partial charge on any atom is 0.141 e. The predicted octanol–water partition coefficient (Wildman–Crippen LogP) is 3.50. The molecule has 0 saturated carbocycles. The van der Waals surface area contributed by atoms with Crippen molar-refractivity contribution in [2.45, 2.75) is 39.0 Å². The number of hydrogen-bond acceptors (Lipinski definition) is 4. The Balaban J connectivity index is 1.60. The van der Waals surface area contributed by atoms with E-state index in [9.17, 15) is 9.18 Å². The SMILES string of the molecule is CCCCc1cn(-c2ccc(CC(=O)Cc3cncc(F)c3)cc2)nn1. The standard InChI is InChI=1S/C20H21FN4O/c1-2-3-4-18-14-25(24-23-18)19-7-5-15(6-8-19)10-20(26)11-16-9-17(21)13-22-12-16/h5-9,12-14H,2-4,10-11H2,1H3. The molecule has 0 bridgehead atoms. The van der Waals surface area contributed by atoms with Crippen LogP contribution >= 0.6 is 0 Å². The highest BCUT2D eigenvalue weighted by Crippen LogP contribution is 2.12. The average Bonchev–Trinajstić information content (AvgIpc) is 3.09. The maximum atomic E-state index is 13.1. The van der Waals surface area contributed by atoms with Gasteiger partial charge in [-0.05, 0) is 42.2 Å². The van der Waals surface area contributed by atoms with Crippen LogP contribution in [0.5, 0.6) is 0 Å². The number of ketones is 1. The van der Waals surface area contributed by atoms with Crippen LogP contribution in [0.1, 0.15) is 36.6 Å². The van der Waals surface area contributed by atoms with E-state index in [1.807, 2.05) is 30.5 Å². The Labute approximate surface area is 151 Å². The molecule has 0 fully saturated rings. The first-order chi connectivity index (χ1) is 12.6. The van der Waals surface area contributed by atoms with Gasteiger partial charge in [-0.1, -0.05) is 30.7 Å². The first-order valence-electron chi connectivity index (χ1n) is 8.75. The summed E-state index contributed by atoms with van der Waals surface area (Å²) in [6.45, 7) is 2.15. The van der Waals surface area contributed by atoms with Crippen molar-refractivity contribution in [3.63, 3.8) is 0 Å². The van der Waals surface area contributed by atoms with Gasteiger partial charge in [-0.2, -0.15) is 0 Å². The largest absolute Gasteiger partial charge is 0.299 e. The zero-order valence-electron chi connectivity index (χ0n) is 14.7. The lowest BCUT2D eigenvalue weighted by Gasteiger charge is -2.04. The quantitative estimate of drug-likeness (QED) is 0.622. The summed E-state index contributed by atoms with van der Waals surface area (Å²) in [7, 11) is 0. The molecule has 0 spiro atoms. The van der Waals surface area contributed by atoms with Crippen molar-refractivity contribution in [2.75, 3.05) is 0 Å². The van der Waals surface area contributed by atoms with Gasteiger partial charge in [0.05, 0.1) is 23.8 Å². The van der Waals surface area contributed by atoms with Gasteiger partial charge in [0.25, 0.3) is 0 Å². The van der Waals surface area contributed by atoms with Crippen LogP contribution in [0.3, 0.4) is 0 Å². The van der Waals surface area contributed by atoms with Gasteiger partial charge in [-0.25, -0.2) is 9.07 Å². The molecule has 6 heteroatoms. The Kier molecular flexibility index (Phi) is 5.84. The summed E-state index contributed by atoms with van der Waals surface area (Å²) in [4.78, 5) is 15.9. The Morgan fingerprint density at radius 2 is 1.88 bits per heavy atom. The molecular formula is C20H21FN4O. The maximum absolute atomic E-state index is 13.1. The minimum Gasteiger partial charge on any atom is -0.299 e. The van der Waals surface area contributed by atoms with E-state index in [-0.39, 0.29) is 12.2 Å². The number of carbonyl (C=O) groups is 1. The minimum absolute atomic E-state index is 0.0211. The van der Waals surface area contributed by atoms with Crippen molar-refractivity contribution in [1.29, 1.82) is 0 Å². The van der Waals surface area contributed by atoms with E-state index in [0.29, 0.717) is 12.0 Å². The normalized spacial score (nSPS) is 10.8. The van der Waals surface area contributed by atoms with Crippen LogP contribution in [-0.4, -0.2) is 25.8 Å². The first-order valence-corrected chi connectivity index (χ1v) is 8.75. The van der Waals surface area contributed by atoms with Crippen molar-refractivity contribution < 1.29 is 9.18 Å². The lowest BCUT2D eigenvalue weighted by molar-refractivity contribution is -0.117. The Bertz CT molecular complexity index is 874. The van der Waals surface area contributed by atoms with E-state index in [0.717, 1.165) is 42.4 Å². The van der Waals surface area contributed by atoms with Gasteiger partial charge in [0.15, 0.2) is 0 Å². The summed E-state index contributed by atoms with van der Waals surface area (Å²) in [5.74, 6) is -0.404. The molecule has 0 atom stereocenters. The highest BCUT2D eigenvalue weighted by molar-refractivity contribution is 5.83. The predicted molar refractivity (Wildman–Crippen MR) is 96.6 cm³/mol.